The Morgan fingerprint density at radius 1 is 1.29 bits per heavy atom. The molecule has 0 aliphatic rings. The van der Waals surface area contributed by atoms with E-state index in [2.05, 4.69) is 45.4 Å². The topological polar surface area (TPSA) is 71.1 Å². The minimum Gasteiger partial charge on any atom is -0.347 e. The van der Waals surface area contributed by atoms with Gasteiger partial charge in [0.1, 0.15) is 0 Å². The summed E-state index contributed by atoms with van der Waals surface area (Å²) >= 11 is 4.97. The number of rotatable bonds is 6. The molecule has 0 fully saturated rings. The predicted molar refractivity (Wildman–Crippen MR) is 100 cm³/mol. The van der Waals surface area contributed by atoms with E-state index in [-0.39, 0.29) is 24.8 Å². The molecule has 0 radical (unpaired) electrons. The normalized spacial score (nSPS) is 10.7. The Bertz CT molecular complexity index is 743. The second kappa shape index (κ2) is 8.39. The van der Waals surface area contributed by atoms with E-state index in [0.717, 1.165) is 20.7 Å². The third-order valence-corrected chi connectivity index (χ3v) is 5.38. The Labute approximate surface area is 154 Å². The van der Waals surface area contributed by atoms with E-state index >= 15 is 0 Å². The molecule has 0 spiro atoms. The zero-order chi connectivity index (χ0) is 17.7. The van der Waals surface area contributed by atoms with Crippen LogP contribution in [0, 0.1) is 6.92 Å². The van der Waals surface area contributed by atoms with E-state index in [1.165, 1.54) is 0 Å². The van der Waals surface area contributed by atoms with Gasteiger partial charge in [0.05, 0.1) is 23.7 Å². The molecular weight excluding hydrogens is 390 g/mol. The van der Waals surface area contributed by atoms with Crippen molar-refractivity contribution in [2.75, 3.05) is 11.9 Å². The number of thiazole rings is 1. The largest absolute Gasteiger partial charge is 0.347 e. The molecule has 1 aromatic carbocycles. The van der Waals surface area contributed by atoms with Gasteiger partial charge >= 0.3 is 0 Å². The molecule has 1 heterocycles. The van der Waals surface area contributed by atoms with Crippen LogP contribution >= 0.6 is 27.3 Å². The van der Waals surface area contributed by atoms with E-state index in [1.807, 2.05) is 24.4 Å². The number of hydrogen-bond donors (Lipinski definition) is 2. The highest BCUT2D eigenvalue weighted by atomic mass is 79.9. The average molecular weight is 410 g/mol. The van der Waals surface area contributed by atoms with Gasteiger partial charge in [-0.1, -0.05) is 29.8 Å². The first kappa shape index (κ1) is 18.6. The molecule has 0 saturated carbocycles. The molecule has 5 nitrogen and oxygen atoms in total. The molecule has 0 aliphatic heterocycles. The van der Waals surface area contributed by atoms with Crippen LogP contribution < -0.4 is 10.6 Å². The second-order valence-electron chi connectivity index (χ2n) is 5.80. The van der Waals surface area contributed by atoms with Crippen molar-refractivity contribution in [1.29, 1.82) is 0 Å². The SMILES string of the molecule is Cc1cc(NC(=O)CNC(=O)Cc2csc(C(C)C)n2)ccc1Br. The standard InChI is InChI=1S/C17H20BrN3O2S/c1-10(2)17-21-13(9-24-17)7-15(22)19-8-16(23)20-12-4-5-14(18)11(3)6-12/h4-6,9-10H,7-8H2,1-3H3,(H,19,22)(H,20,23). The summed E-state index contributed by atoms with van der Waals surface area (Å²) in [6, 6.07) is 5.55. The average Bonchev–Trinajstić information content (AvgIpc) is 2.98. The first-order valence-electron chi connectivity index (χ1n) is 7.62. The third-order valence-electron chi connectivity index (χ3n) is 3.29. The summed E-state index contributed by atoms with van der Waals surface area (Å²) in [5.41, 5.74) is 2.47. The Kier molecular flexibility index (Phi) is 6.51. The van der Waals surface area contributed by atoms with Crippen LogP contribution in [0.15, 0.2) is 28.1 Å². The number of halogens is 1. The molecular formula is C17H20BrN3O2S. The van der Waals surface area contributed by atoms with Crippen LogP contribution in [0.1, 0.15) is 36.0 Å². The number of nitrogens with one attached hydrogen (secondary N) is 2. The lowest BCUT2D eigenvalue weighted by Crippen LogP contribution is -2.33. The summed E-state index contributed by atoms with van der Waals surface area (Å²) < 4.78 is 0.984. The molecule has 0 aliphatic carbocycles. The molecule has 0 unspecified atom stereocenters. The number of carbonyl (C=O) groups is 2. The van der Waals surface area contributed by atoms with Crippen molar-refractivity contribution in [1.82, 2.24) is 10.3 Å². The maximum absolute atomic E-state index is 11.9. The number of nitrogens with zero attached hydrogens (tertiary/aromatic N) is 1. The van der Waals surface area contributed by atoms with Crippen LogP contribution in [-0.2, 0) is 16.0 Å². The minimum absolute atomic E-state index is 0.0604. The van der Waals surface area contributed by atoms with E-state index in [4.69, 9.17) is 0 Å². The third kappa shape index (κ3) is 5.42. The predicted octanol–water partition coefficient (Wildman–Crippen LogP) is 3.63. The summed E-state index contributed by atoms with van der Waals surface area (Å²) in [4.78, 5) is 28.2. The minimum atomic E-state index is -0.258. The van der Waals surface area contributed by atoms with Gasteiger partial charge in [0, 0.05) is 21.5 Å². The summed E-state index contributed by atoms with van der Waals surface area (Å²) in [5.74, 6) is -0.115. The van der Waals surface area contributed by atoms with Gasteiger partial charge < -0.3 is 10.6 Å². The van der Waals surface area contributed by atoms with Gasteiger partial charge in [0.25, 0.3) is 0 Å². The molecule has 24 heavy (non-hydrogen) atoms. The maximum atomic E-state index is 11.9. The highest BCUT2D eigenvalue weighted by Crippen LogP contribution is 2.20. The summed E-state index contributed by atoms with van der Waals surface area (Å²) in [6.45, 7) is 6.02. The van der Waals surface area contributed by atoms with Crippen molar-refractivity contribution in [3.8, 4) is 0 Å². The van der Waals surface area contributed by atoms with Crippen LogP contribution in [0.2, 0.25) is 0 Å². The van der Waals surface area contributed by atoms with Crippen molar-refractivity contribution in [3.05, 3.63) is 44.3 Å². The fourth-order valence-electron chi connectivity index (χ4n) is 2.00. The smallest absolute Gasteiger partial charge is 0.243 e. The number of amides is 2. The molecule has 7 heteroatoms. The number of aromatic nitrogens is 1. The van der Waals surface area contributed by atoms with Gasteiger partial charge in [0.15, 0.2) is 0 Å². The summed E-state index contributed by atoms with van der Waals surface area (Å²) in [6.07, 6.45) is 0.188. The van der Waals surface area contributed by atoms with Crippen molar-refractivity contribution in [2.45, 2.75) is 33.1 Å². The molecule has 2 aromatic rings. The van der Waals surface area contributed by atoms with E-state index in [1.54, 1.807) is 17.4 Å². The first-order chi connectivity index (χ1) is 11.3. The van der Waals surface area contributed by atoms with Gasteiger partial charge in [-0.2, -0.15) is 0 Å². The van der Waals surface area contributed by atoms with E-state index in [0.29, 0.717) is 11.6 Å². The molecule has 2 amide bonds. The Morgan fingerprint density at radius 3 is 2.67 bits per heavy atom. The lowest BCUT2D eigenvalue weighted by atomic mass is 10.2. The number of hydrogen-bond acceptors (Lipinski definition) is 4. The van der Waals surface area contributed by atoms with Crippen LogP contribution in [0.25, 0.3) is 0 Å². The van der Waals surface area contributed by atoms with Crippen molar-refractivity contribution in [2.24, 2.45) is 0 Å². The zero-order valence-corrected chi connectivity index (χ0v) is 16.3. The lowest BCUT2D eigenvalue weighted by Gasteiger charge is -2.08. The number of anilines is 1. The fourth-order valence-corrected chi connectivity index (χ4v) is 3.08. The Balaban J connectivity index is 1.80. The maximum Gasteiger partial charge on any atom is 0.243 e. The molecule has 2 N–H and O–H groups in total. The Hall–Kier alpha value is -1.73. The van der Waals surface area contributed by atoms with Gasteiger partial charge in [-0.3, -0.25) is 9.59 Å². The van der Waals surface area contributed by atoms with Gasteiger partial charge in [0.2, 0.25) is 11.8 Å². The van der Waals surface area contributed by atoms with Crippen molar-refractivity contribution >= 4 is 44.8 Å². The second-order valence-corrected chi connectivity index (χ2v) is 7.54. The van der Waals surface area contributed by atoms with Gasteiger partial charge in [-0.15, -0.1) is 11.3 Å². The van der Waals surface area contributed by atoms with Crippen LogP contribution in [0.3, 0.4) is 0 Å². The highest BCUT2D eigenvalue weighted by molar-refractivity contribution is 9.10. The lowest BCUT2D eigenvalue weighted by molar-refractivity contribution is -0.123. The van der Waals surface area contributed by atoms with Crippen LogP contribution in [0.4, 0.5) is 5.69 Å². The molecule has 0 atom stereocenters. The van der Waals surface area contributed by atoms with Crippen molar-refractivity contribution < 1.29 is 9.59 Å². The van der Waals surface area contributed by atoms with Crippen LogP contribution in [-0.4, -0.2) is 23.3 Å². The summed E-state index contributed by atoms with van der Waals surface area (Å²) in [5, 5.41) is 8.28. The molecule has 0 bridgehead atoms. The molecule has 0 saturated heterocycles. The van der Waals surface area contributed by atoms with Crippen LogP contribution in [0.5, 0.6) is 0 Å². The van der Waals surface area contributed by atoms with Crippen molar-refractivity contribution in [3.63, 3.8) is 0 Å². The molecule has 128 valence electrons. The van der Waals surface area contributed by atoms with Gasteiger partial charge in [-0.25, -0.2) is 4.98 Å². The van der Waals surface area contributed by atoms with E-state index in [9.17, 15) is 9.59 Å². The Morgan fingerprint density at radius 2 is 2.04 bits per heavy atom. The fraction of sp³-hybridized carbons (Fsp3) is 0.353. The summed E-state index contributed by atoms with van der Waals surface area (Å²) in [7, 11) is 0. The zero-order valence-electron chi connectivity index (χ0n) is 13.9. The first-order valence-corrected chi connectivity index (χ1v) is 9.29. The highest BCUT2D eigenvalue weighted by Gasteiger charge is 2.11. The van der Waals surface area contributed by atoms with Gasteiger partial charge in [-0.05, 0) is 30.7 Å². The molecule has 2 rings (SSSR count). The number of aryl methyl sites for hydroxylation is 1. The van der Waals surface area contributed by atoms with E-state index < -0.39 is 0 Å². The molecule has 1 aromatic heterocycles. The number of benzene rings is 1. The quantitative estimate of drug-likeness (QED) is 0.764. The number of carbonyl (C=O) groups excluding carboxylic acids is 2. The monoisotopic (exact) mass is 409 g/mol.